The minimum Gasteiger partial charge on any atom is -0.378 e. The van der Waals surface area contributed by atoms with Gasteiger partial charge >= 0.3 is 11.8 Å². The van der Waals surface area contributed by atoms with Crippen LogP contribution in [0, 0.1) is 5.82 Å². The SMILES string of the molecule is O=C(NCCc1ccc(F)cc1)C(=O)Nc1ccccc1N1CCOCC1. The van der Waals surface area contributed by atoms with Crippen molar-refractivity contribution in [2.45, 2.75) is 6.42 Å². The first-order valence-corrected chi connectivity index (χ1v) is 8.89. The molecule has 0 atom stereocenters. The molecule has 2 N–H and O–H groups in total. The van der Waals surface area contributed by atoms with Crippen LogP contribution in [0.5, 0.6) is 0 Å². The van der Waals surface area contributed by atoms with Gasteiger partial charge in [-0.05, 0) is 36.2 Å². The first-order valence-electron chi connectivity index (χ1n) is 8.89. The van der Waals surface area contributed by atoms with Crippen molar-refractivity contribution in [3.63, 3.8) is 0 Å². The van der Waals surface area contributed by atoms with Gasteiger partial charge in [0.25, 0.3) is 0 Å². The molecule has 0 spiro atoms. The van der Waals surface area contributed by atoms with Gasteiger partial charge in [0.1, 0.15) is 5.82 Å². The second kappa shape index (κ2) is 9.14. The Balaban J connectivity index is 1.53. The van der Waals surface area contributed by atoms with Crippen LogP contribution < -0.4 is 15.5 Å². The van der Waals surface area contributed by atoms with E-state index < -0.39 is 11.8 Å². The summed E-state index contributed by atoms with van der Waals surface area (Å²) in [6, 6.07) is 13.4. The van der Waals surface area contributed by atoms with E-state index in [1.54, 1.807) is 18.2 Å². The Morgan fingerprint density at radius 3 is 2.44 bits per heavy atom. The largest absolute Gasteiger partial charge is 0.378 e. The van der Waals surface area contributed by atoms with Gasteiger partial charge in [0.15, 0.2) is 0 Å². The van der Waals surface area contributed by atoms with Gasteiger partial charge in [-0.25, -0.2) is 4.39 Å². The highest BCUT2D eigenvalue weighted by molar-refractivity contribution is 6.39. The number of rotatable bonds is 5. The molecule has 2 aromatic rings. The highest BCUT2D eigenvalue weighted by Crippen LogP contribution is 2.26. The molecule has 0 aromatic heterocycles. The average Bonchev–Trinajstić information content (AvgIpc) is 2.70. The lowest BCUT2D eigenvalue weighted by Gasteiger charge is -2.30. The molecule has 0 unspecified atom stereocenters. The first-order chi connectivity index (χ1) is 13.1. The molecule has 2 aromatic carbocycles. The number of carbonyl (C=O) groups is 2. The van der Waals surface area contributed by atoms with E-state index in [2.05, 4.69) is 15.5 Å². The number of nitrogens with zero attached hydrogens (tertiary/aromatic N) is 1. The van der Waals surface area contributed by atoms with Crippen LogP contribution in [0.4, 0.5) is 15.8 Å². The number of ether oxygens (including phenoxy) is 1. The summed E-state index contributed by atoms with van der Waals surface area (Å²) in [4.78, 5) is 26.4. The van der Waals surface area contributed by atoms with Crippen LogP contribution >= 0.6 is 0 Å². The van der Waals surface area contributed by atoms with Gasteiger partial charge in [0, 0.05) is 19.6 Å². The van der Waals surface area contributed by atoms with Gasteiger partial charge in [-0.2, -0.15) is 0 Å². The molecule has 1 heterocycles. The second-order valence-corrected chi connectivity index (χ2v) is 6.20. The standard InChI is InChI=1S/C20H22FN3O3/c21-16-7-5-15(6-8-16)9-10-22-19(25)20(26)23-17-3-1-2-4-18(17)24-11-13-27-14-12-24/h1-8H,9-14H2,(H,22,25)(H,23,26). The Bertz CT molecular complexity index is 789. The van der Waals surface area contributed by atoms with Crippen molar-refractivity contribution in [1.82, 2.24) is 5.32 Å². The monoisotopic (exact) mass is 371 g/mol. The van der Waals surface area contributed by atoms with Crippen LogP contribution in [0.2, 0.25) is 0 Å². The summed E-state index contributed by atoms with van der Waals surface area (Å²) < 4.78 is 18.2. The maximum absolute atomic E-state index is 12.9. The van der Waals surface area contributed by atoms with Crippen molar-refractivity contribution in [2.75, 3.05) is 43.1 Å². The molecular formula is C20H22FN3O3. The van der Waals surface area contributed by atoms with Crippen molar-refractivity contribution < 1.29 is 18.7 Å². The van der Waals surface area contributed by atoms with Crippen LogP contribution in [-0.4, -0.2) is 44.7 Å². The van der Waals surface area contributed by atoms with Gasteiger partial charge in [-0.3, -0.25) is 9.59 Å². The van der Waals surface area contributed by atoms with E-state index in [-0.39, 0.29) is 5.82 Å². The summed E-state index contributed by atoms with van der Waals surface area (Å²) in [7, 11) is 0. The highest BCUT2D eigenvalue weighted by Gasteiger charge is 2.18. The van der Waals surface area contributed by atoms with Crippen LogP contribution in [0.25, 0.3) is 0 Å². The van der Waals surface area contributed by atoms with Crippen molar-refractivity contribution in [3.8, 4) is 0 Å². The molecular weight excluding hydrogens is 349 g/mol. The Hall–Kier alpha value is -2.93. The number of anilines is 2. The maximum Gasteiger partial charge on any atom is 0.313 e. The van der Waals surface area contributed by atoms with Crippen LogP contribution in [0.1, 0.15) is 5.56 Å². The van der Waals surface area contributed by atoms with Gasteiger partial charge in [-0.15, -0.1) is 0 Å². The van der Waals surface area contributed by atoms with E-state index in [0.717, 1.165) is 24.3 Å². The summed E-state index contributed by atoms with van der Waals surface area (Å²) >= 11 is 0. The van der Waals surface area contributed by atoms with E-state index in [9.17, 15) is 14.0 Å². The first kappa shape index (κ1) is 18.8. The second-order valence-electron chi connectivity index (χ2n) is 6.20. The third-order valence-corrected chi connectivity index (χ3v) is 4.32. The minimum absolute atomic E-state index is 0.295. The van der Waals surface area contributed by atoms with E-state index in [1.165, 1.54) is 12.1 Å². The fourth-order valence-electron chi connectivity index (χ4n) is 2.89. The number of para-hydroxylation sites is 2. The summed E-state index contributed by atoms with van der Waals surface area (Å²) in [5.74, 6) is -1.72. The molecule has 142 valence electrons. The van der Waals surface area contributed by atoms with Gasteiger partial charge in [-0.1, -0.05) is 24.3 Å². The highest BCUT2D eigenvalue weighted by atomic mass is 19.1. The lowest BCUT2D eigenvalue weighted by atomic mass is 10.1. The Morgan fingerprint density at radius 2 is 1.70 bits per heavy atom. The molecule has 1 saturated heterocycles. The molecule has 6 nitrogen and oxygen atoms in total. The fraction of sp³-hybridized carbons (Fsp3) is 0.300. The van der Waals surface area contributed by atoms with Crippen molar-refractivity contribution in [1.29, 1.82) is 0 Å². The molecule has 1 aliphatic heterocycles. The minimum atomic E-state index is -0.713. The van der Waals surface area contributed by atoms with Crippen LogP contribution in [-0.2, 0) is 20.7 Å². The van der Waals surface area contributed by atoms with E-state index >= 15 is 0 Å². The Labute approximate surface area is 157 Å². The normalized spacial score (nSPS) is 13.9. The van der Waals surface area contributed by atoms with Gasteiger partial charge in [0.2, 0.25) is 0 Å². The number of carbonyl (C=O) groups excluding carboxylic acids is 2. The lowest BCUT2D eigenvalue weighted by molar-refractivity contribution is -0.136. The smallest absolute Gasteiger partial charge is 0.313 e. The molecule has 0 aliphatic carbocycles. The number of amides is 2. The van der Waals surface area contributed by atoms with E-state index in [0.29, 0.717) is 31.9 Å². The number of halogens is 1. The molecule has 0 bridgehead atoms. The topological polar surface area (TPSA) is 70.7 Å². The quantitative estimate of drug-likeness (QED) is 0.789. The zero-order chi connectivity index (χ0) is 19.1. The Kier molecular flexibility index (Phi) is 6.38. The lowest BCUT2D eigenvalue weighted by Crippen LogP contribution is -2.38. The predicted molar refractivity (Wildman–Crippen MR) is 101 cm³/mol. The molecule has 7 heteroatoms. The van der Waals surface area contributed by atoms with Crippen LogP contribution in [0.3, 0.4) is 0 Å². The number of nitrogens with one attached hydrogen (secondary N) is 2. The van der Waals surface area contributed by atoms with Crippen molar-refractivity contribution >= 4 is 23.2 Å². The summed E-state index contributed by atoms with van der Waals surface area (Å²) in [5.41, 5.74) is 2.35. The molecule has 2 amide bonds. The summed E-state index contributed by atoms with van der Waals surface area (Å²) in [5, 5.41) is 5.27. The number of hydrogen-bond donors (Lipinski definition) is 2. The third-order valence-electron chi connectivity index (χ3n) is 4.32. The van der Waals surface area contributed by atoms with E-state index in [1.807, 2.05) is 18.2 Å². The third kappa shape index (κ3) is 5.27. The molecule has 0 radical (unpaired) electrons. The average molecular weight is 371 g/mol. The molecule has 1 fully saturated rings. The van der Waals surface area contributed by atoms with Crippen LogP contribution in [0.15, 0.2) is 48.5 Å². The maximum atomic E-state index is 12.9. The molecule has 1 aliphatic rings. The molecule has 0 saturated carbocycles. The van der Waals surface area contributed by atoms with Gasteiger partial charge in [0.05, 0.1) is 24.6 Å². The van der Waals surface area contributed by atoms with Crippen molar-refractivity contribution in [3.05, 3.63) is 59.9 Å². The zero-order valence-corrected chi connectivity index (χ0v) is 14.9. The zero-order valence-electron chi connectivity index (χ0n) is 14.9. The summed E-state index contributed by atoms with van der Waals surface area (Å²) in [6.45, 7) is 3.02. The van der Waals surface area contributed by atoms with E-state index in [4.69, 9.17) is 4.74 Å². The van der Waals surface area contributed by atoms with Crippen molar-refractivity contribution in [2.24, 2.45) is 0 Å². The van der Waals surface area contributed by atoms with Gasteiger partial charge < -0.3 is 20.3 Å². The number of benzene rings is 2. The number of hydrogen-bond acceptors (Lipinski definition) is 4. The molecule has 27 heavy (non-hydrogen) atoms. The predicted octanol–water partition coefficient (Wildman–Crippen LogP) is 1.96. The fourth-order valence-corrected chi connectivity index (χ4v) is 2.89. The molecule has 3 rings (SSSR count). The summed E-state index contributed by atoms with van der Waals surface area (Å²) in [6.07, 6.45) is 0.518. The Morgan fingerprint density at radius 1 is 1.00 bits per heavy atom. The number of morpholine rings is 1.